The van der Waals surface area contributed by atoms with Gasteiger partial charge < -0.3 is 10.6 Å². The van der Waals surface area contributed by atoms with Gasteiger partial charge in [-0.2, -0.15) is 0 Å². The Labute approximate surface area is 88.8 Å². The molecule has 0 radical (unpaired) electrons. The van der Waals surface area contributed by atoms with Gasteiger partial charge in [0.05, 0.1) is 0 Å². The first-order valence-corrected chi connectivity index (χ1v) is 6.13. The number of rotatable bonds is 6. The molecule has 84 valence electrons. The number of hydrogen-bond donors (Lipinski definition) is 1. The molecule has 0 aliphatic heterocycles. The zero-order chi connectivity index (χ0) is 10.6. The molecule has 0 aromatic heterocycles. The Kier molecular flexibility index (Phi) is 4.90. The first kappa shape index (κ1) is 12.0. The first-order chi connectivity index (χ1) is 6.63. The van der Waals surface area contributed by atoms with E-state index in [9.17, 15) is 0 Å². The summed E-state index contributed by atoms with van der Waals surface area (Å²) < 4.78 is 0. The normalized spacial score (nSPS) is 22.1. The average Bonchev–Trinajstić information content (AvgIpc) is 2.01. The van der Waals surface area contributed by atoms with Crippen molar-refractivity contribution in [3.05, 3.63) is 0 Å². The van der Waals surface area contributed by atoms with E-state index in [0.717, 1.165) is 12.3 Å². The van der Waals surface area contributed by atoms with Crippen molar-refractivity contribution < 1.29 is 0 Å². The molecule has 14 heavy (non-hydrogen) atoms. The van der Waals surface area contributed by atoms with Gasteiger partial charge in [0.2, 0.25) is 0 Å². The summed E-state index contributed by atoms with van der Waals surface area (Å²) in [6.07, 6.45) is 5.47. The van der Waals surface area contributed by atoms with Crippen LogP contribution in [-0.2, 0) is 0 Å². The number of hydrogen-bond acceptors (Lipinski definition) is 2. The molecule has 0 amide bonds. The Morgan fingerprint density at radius 3 is 2.36 bits per heavy atom. The van der Waals surface area contributed by atoms with Gasteiger partial charge >= 0.3 is 0 Å². The summed E-state index contributed by atoms with van der Waals surface area (Å²) in [5.74, 6) is 0.977. The van der Waals surface area contributed by atoms with Crippen LogP contribution in [0, 0.1) is 5.92 Å². The predicted octanol–water partition coefficient (Wildman–Crippen LogP) is 2.23. The lowest BCUT2D eigenvalue weighted by molar-refractivity contribution is 0.138. The topological polar surface area (TPSA) is 29.3 Å². The molecule has 0 aromatic rings. The van der Waals surface area contributed by atoms with Crippen LogP contribution in [0.5, 0.6) is 0 Å². The third kappa shape index (κ3) is 3.58. The molecular weight excluding hydrogens is 172 g/mol. The summed E-state index contributed by atoms with van der Waals surface area (Å²) >= 11 is 0. The second-order valence-electron chi connectivity index (χ2n) is 4.95. The molecule has 2 N–H and O–H groups in total. The predicted molar refractivity (Wildman–Crippen MR) is 62.3 cm³/mol. The van der Waals surface area contributed by atoms with Crippen molar-refractivity contribution in [2.24, 2.45) is 11.7 Å². The smallest absolute Gasteiger partial charge is 0.00815 e. The minimum atomic E-state index is 0.334. The molecule has 1 saturated carbocycles. The second kappa shape index (κ2) is 5.72. The van der Waals surface area contributed by atoms with E-state index in [1.54, 1.807) is 0 Å². The molecule has 1 aliphatic rings. The lowest BCUT2D eigenvalue weighted by Crippen LogP contribution is -2.41. The fourth-order valence-corrected chi connectivity index (χ4v) is 2.31. The molecule has 1 aliphatic carbocycles. The summed E-state index contributed by atoms with van der Waals surface area (Å²) in [4.78, 5) is 2.59. The van der Waals surface area contributed by atoms with Gasteiger partial charge in [-0.1, -0.05) is 13.3 Å². The van der Waals surface area contributed by atoms with E-state index in [1.807, 2.05) is 0 Å². The molecule has 0 heterocycles. The maximum absolute atomic E-state index is 5.84. The average molecular weight is 198 g/mol. The van der Waals surface area contributed by atoms with Crippen molar-refractivity contribution in [1.29, 1.82) is 0 Å². The van der Waals surface area contributed by atoms with Gasteiger partial charge in [0, 0.05) is 18.6 Å². The van der Waals surface area contributed by atoms with Gasteiger partial charge in [0.1, 0.15) is 0 Å². The Morgan fingerprint density at radius 2 is 2.00 bits per heavy atom. The largest absolute Gasteiger partial charge is 0.328 e. The van der Waals surface area contributed by atoms with Crippen molar-refractivity contribution in [1.82, 2.24) is 4.90 Å². The Morgan fingerprint density at radius 1 is 1.36 bits per heavy atom. The molecule has 2 unspecified atom stereocenters. The SMILES string of the molecule is CCN(CC1CCC1)C(C)CC(C)N. The Hall–Kier alpha value is -0.0800. The Balaban J connectivity index is 2.27. The van der Waals surface area contributed by atoms with E-state index in [2.05, 4.69) is 25.7 Å². The van der Waals surface area contributed by atoms with Crippen LogP contribution in [0.4, 0.5) is 0 Å². The second-order valence-corrected chi connectivity index (χ2v) is 4.95. The molecule has 2 nitrogen and oxygen atoms in total. The van der Waals surface area contributed by atoms with E-state index in [0.29, 0.717) is 12.1 Å². The van der Waals surface area contributed by atoms with Gasteiger partial charge in [0.15, 0.2) is 0 Å². The van der Waals surface area contributed by atoms with E-state index < -0.39 is 0 Å². The van der Waals surface area contributed by atoms with Crippen molar-refractivity contribution in [2.45, 2.75) is 58.5 Å². The van der Waals surface area contributed by atoms with Crippen molar-refractivity contribution in [2.75, 3.05) is 13.1 Å². The number of nitrogens with two attached hydrogens (primary N) is 1. The molecule has 2 heteroatoms. The highest BCUT2D eigenvalue weighted by molar-refractivity contribution is 4.77. The lowest BCUT2D eigenvalue weighted by atomic mass is 9.84. The molecule has 1 fully saturated rings. The van der Waals surface area contributed by atoms with Crippen LogP contribution in [0.3, 0.4) is 0 Å². The highest BCUT2D eigenvalue weighted by atomic mass is 15.1. The van der Waals surface area contributed by atoms with Crippen LogP contribution in [0.2, 0.25) is 0 Å². The zero-order valence-electron chi connectivity index (χ0n) is 10.00. The summed E-state index contributed by atoms with van der Waals surface area (Å²) in [5, 5.41) is 0. The highest BCUT2D eigenvalue weighted by Crippen LogP contribution is 2.27. The molecule has 1 rings (SSSR count). The van der Waals surface area contributed by atoms with Crippen LogP contribution in [-0.4, -0.2) is 30.1 Å². The van der Waals surface area contributed by atoms with Crippen molar-refractivity contribution in [3.63, 3.8) is 0 Å². The summed E-state index contributed by atoms with van der Waals surface area (Å²) in [7, 11) is 0. The fourth-order valence-electron chi connectivity index (χ4n) is 2.31. The maximum atomic E-state index is 5.84. The van der Waals surface area contributed by atoms with Crippen LogP contribution in [0.15, 0.2) is 0 Å². The Bertz CT molecular complexity index is 152. The summed E-state index contributed by atoms with van der Waals surface area (Å²) in [6.45, 7) is 9.14. The first-order valence-electron chi connectivity index (χ1n) is 6.13. The highest BCUT2D eigenvalue weighted by Gasteiger charge is 2.22. The van der Waals surface area contributed by atoms with E-state index in [1.165, 1.54) is 32.4 Å². The summed E-state index contributed by atoms with van der Waals surface area (Å²) in [5.41, 5.74) is 5.84. The standard InChI is InChI=1S/C12H26N2/c1-4-14(9-12-6-5-7-12)11(3)8-10(2)13/h10-12H,4-9,13H2,1-3H3. The number of nitrogens with zero attached hydrogens (tertiary/aromatic N) is 1. The van der Waals surface area contributed by atoms with Crippen molar-refractivity contribution >= 4 is 0 Å². The third-order valence-electron chi connectivity index (χ3n) is 3.46. The van der Waals surface area contributed by atoms with Crippen LogP contribution in [0.25, 0.3) is 0 Å². The van der Waals surface area contributed by atoms with Crippen LogP contribution < -0.4 is 5.73 Å². The minimum Gasteiger partial charge on any atom is -0.328 e. The molecule has 0 saturated heterocycles. The van der Waals surface area contributed by atoms with Crippen LogP contribution in [0.1, 0.15) is 46.5 Å². The maximum Gasteiger partial charge on any atom is 0.00815 e. The zero-order valence-corrected chi connectivity index (χ0v) is 10.00. The lowest BCUT2D eigenvalue weighted by Gasteiger charge is -2.35. The third-order valence-corrected chi connectivity index (χ3v) is 3.46. The van der Waals surface area contributed by atoms with Gasteiger partial charge in [-0.15, -0.1) is 0 Å². The van der Waals surface area contributed by atoms with Crippen LogP contribution >= 0.6 is 0 Å². The van der Waals surface area contributed by atoms with Crippen molar-refractivity contribution in [3.8, 4) is 0 Å². The quantitative estimate of drug-likeness (QED) is 0.709. The van der Waals surface area contributed by atoms with Gasteiger partial charge in [-0.25, -0.2) is 0 Å². The molecule has 0 spiro atoms. The fraction of sp³-hybridized carbons (Fsp3) is 1.00. The monoisotopic (exact) mass is 198 g/mol. The van der Waals surface area contributed by atoms with Gasteiger partial charge in [-0.3, -0.25) is 0 Å². The van der Waals surface area contributed by atoms with E-state index in [4.69, 9.17) is 5.73 Å². The van der Waals surface area contributed by atoms with E-state index in [-0.39, 0.29) is 0 Å². The molecule has 2 atom stereocenters. The molecule has 0 aromatic carbocycles. The minimum absolute atomic E-state index is 0.334. The molecule has 0 bridgehead atoms. The summed E-state index contributed by atoms with van der Waals surface area (Å²) in [6, 6.07) is 0.987. The van der Waals surface area contributed by atoms with Gasteiger partial charge in [0.25, 0.3) is 0 Å². The van der Waals surface area contributed by atoms with E-state index >= 15 is 0 Å². The molecular formula is C12H26N2. The van der Waals surface area contributed by atoms with Gasteiger partial charge in [-0.05, 0) is 45.6 Å².